The molecule has 0 spiro atoms. The van der Waals surface area contributed by atoms with E-state index in [0.717, 1.165) is 19.0 Å². The molecule has 2 fully saturated rings. The lowest BCUT2D eigenvalue weighted by molar-refractivity contribution is -0.0135. The molecule has 108 valence electrons. The minimum Gasteiger partial charge on any atom is -0.298 e. The van der Waals surface area contributed by atoms with Crippen molar-refractivity contribution in [2.24, 2.45) is 5.92 Å². The minimum atomic E-state index is -0.0777. The predicted molar refractivity (Wildman–Crippen MR) is 78.3 cm³/mol. The van der Waals surface area contributed by atoms with Crippen LogP contribution in [-0.4, -0.2) is 34.3 Å². The number of aromatic nitrogens is 2. The molecule has 3 rings (SSSR count). The lowest BCUT2D eigenvalue weighted by atomic mass is 9.81. The van der Waals surface area contributed by atoms with Gasteiger partial charge in [-0.1, -0.05) is 20.3 Å². The lowest BCUT2D eigenvalue weighted by Gasteiger charge is -2.51. The number of nitrogens with zero attached hydrogens (tertiary/aromatic N) is 4. The van der Waals surface area contributed by atoms with Crippen molar-refractivity contribution in [2.75, 3.05) is 19.6 Å². The van der Waals surface area contributed by atoms with Crippen molar-refractivity contribution in [1.82, 2.24) is 14.7 Å². The van der Waals surface area contributed by atoms with Crippen LogP contribution in [0.1, 0.15) is 51.0 Å². The Hall–Kier alpha value is -1.34. The third-order valence-electron chi connectivity index (χ3n) is 4.94. The highest BCUT2D eigenvalue weighted by molar-refractivity contribution is 5.14. The van der Waals surface area contributed by atoms with Crippen molar-refractivity contribution >= 4 is 0 Å². The second-order valence-electron chi connectivity index (χ2n) is 6.90. The average molecular weight is 272 g/mol. The summed E-state index contributed by atoms with van der Waals surface area (Å²) in [7, 11) is 0. The van der Waals surface area contributed by atoms with Crippen LogP contribution in [0.25, 0.3) is 0 Å². The monoisotopic (exact) mass is 272 g/mol. The molecule has 1 aromatic rings. The van der Waals surface area contributed by atoms with Crippen molar-refractivity contribution in [1.29, 1.82) is 5.26 Å². The normalized spacial score (nSPS) is 22.3. The highest BCUT2D eigenvalue weighted by atomic mass is 15.4. The SMILES string of the molecule is CC(C)c1cnn(C2(CC#N)CN(CC3CCC3)C2)c1. The molecule has 2 heterocycles. The van der Waals surface area contributed by atoms with Crippen LogP contribution in [-0.2, 0) is 5.54 Å². The number of rotatable bonds is 5. The van der Waals surface area contributed by atoms with Crippen LogP contribution in [0.5, 0.6) is 0 Å². The first-order valence-electron chi connectivity index (χ1n) is 7.77. The number of hydrogen-bond donors (Lipinski definition) is 0. The van der Waals surface area contributed by atoms with Crippen molar-refractivity contribution in [3.8, 4) is 6.07 Å². The molecule has 1 aromatic heterocycles. The van der Waals surface area contributed by atoms with Gasteiger partial charge in [-0.25, -0.2) is 0 Å². The molecule has 4 heteroatoms. The highest BCUT2D eigenvalue weighted by Crippen LogP contribution is 2.36. The Morgan fingerprint density at radius 3 is 2.70 bits per heavy atom. The zero-order chi connectivity index (χ0) is 14.2. The van der Waals surface area contributed by atoms with E-state index in [2.05, 4.69) is 40.8 Å². The Balaban J connectivity index is 1.68. The molecule has 0 bridgehead atoms. The van der Waals surface area contributed by atoms with Gasteiger partial charge in [0.25, 0.3) is 0 Å². The smallest absolute Gasteiger partial charge is 0.101 e. The van der Waals surface area contributed by atoms with Crippen LogP contribution in [0, 0.1) is 17.2 Å². The van der Waals surface area contributed by atoms with E-state index in [1.165, 1.54) is 31.4 Å². The van der Waals surface area contributed by atoms with Gasteiger partial charge >= 0.3 is 0 Å². The van der Waals surface area contributed by atoms with E-state index >= 15 is 0 Å². The van der Waals surface area contributed by atoms with Gasteiger partial charge in [-0.3, -0.25) is 9.58 Å². The van der Waals surface area contributed by atoms with E-state index in [1.807, 2.05) is 6.20 Å². The van der Waals surface area contributed by atoms with Crippen LogP contribution < -0.4 is 0 Å². The summed E-state index contributed by atoms with van der Waals surface area (Å²) in [4.78, 5) is 2.50. The quantitative estimate of drug-likeness (QED) is 0.828. The molecular weight excluding hydrogens is 248 g/mol. The highest BCUT2D eigenvalue weighted by Gasteiger charge is 2.46. The van der Waals surface area contributed by atoms with Gasteiger partial charge in [0, 0.05) is 25.8 Å². The Kier molecular flexibility index (Phi) is 3.55. The van der Waals surface area contributed by atoms with E-state index < -0.39 is 0 Å². The fourth-order valence-corrected chi connectivity index (χ4v) is 3.33. The van der Waals surface area contributed by atoms with Crippen molar-refractivity contribution in [3.63, 3.8) is 0 Å². The Morgan fingerprint density at radius 1 is 1.45 bits per heavy atom. The molecule has 1 saturated carbocycles. The van der Waals surface area contributed by atoms with Crippen LogP contribution in [0.3, 0.4) is 0 Å². The summed E-state index contributed by atoms with van der Waals surface area (Å²) >= 11 is 0. The van der Waals surface area contributed by atoms with E-state index in [1.54, 1.807) is 0 Å². The van der Waals surface area contributed by atoms with E-state index in [4.69, 9.17) is 5.26 Å². The van der Waals surface area contributed by atoms with Gasteiger partial charge in [0.05, 0.1) is 18.7 Å². The third kappa shape index (κ3) is 2.35. The molecule has 0 aromatic carbocycles. The van der Waals surface area contributed by atoms with Crippen LogP contribution in [0.15, 0.2) is 12.4 Å². The van der Waals surface area contributed by atoms with Crippen molar-refractivity contribution < 1.29 is 0 Å². The maximum Gasteiger partial charge on any atom is 0.101 e. The maximum absolute atomic E-state index is 9.16. The summed E-state index contributed by atoms with van der Waals surface area (Å²) in [6, 6.07) is 2.36. The molecule has 0 N–H and O–H groups in total. The first kappa shape index (κ1) is 13.6. The molecule has 4 nitrogen and oxygen atoms in total. The van der Waals surface area contributed by atoms with Gasteiger partial charge in [-0.2, -0.15) is 10.4 Å². The summed E-state index contributed by atoms with van der Waals surface area (Å²) in [5, 5.41) is 13.7. The van der Waals surface area contributed by atoms with E-state index in [0.29, 0.717) is 12.3 Å². The van der Waals surface area contributed by atoms with Crippen LogP contribution in [0.4, 0.5) is 0 Å². The third-order valence-corrected chi connectivity index (χ3v) is 4.94. The first-order chi connectivity index (χ1) is 9.63. The maximum atomic E-state index is 9.16. The molecule has 2 aliphatic rings. The standard InChI is InChI=1S/C16H24N4/c1-13(2)15-8-18-20(10-15)16(6-7-17)11-19(12-16)9-14-4-3-5-14/h8,10,13-14H,3-6,9,11-12H2,1-2H3. The number of nitriles is 1. The number of likely N-dealkylation sites (tertiary alicyclic amines) is 1. The topological polar surface area (TPSA) is 44.9 Å². The second kappa shape index (κ2) is 5.21. The van der Waals surface area contributed by atoms with E-state index in [9.17, 15) is 0 Å². The average Bonchev–Trinajstić information content (AvgIpc) is 2.79. The summed E-state index contributed by atoms with van der Waals surface area (Å²) < 4.78 is 2.06. The predicted octanol–water partition coefficient (Wildman–Crippen LogP) is 2.73. The van der Waals surface area contributed by atoms with Gasteiger partial charge in [0.15, 0.2) is 0 Å². The van der Waals surface area contributed by atoms with Crippen molar-refractivity contribution in [3.05, 3.63) is 18.0 Å². The lowest BCUT2D eigenvalue weighted by Crippen LogP contribution is -2.63. The number of hydrogen-bond acceptors (Lipinski definition) is 3. The minimum absolute atomic E-state index is 0.0777. The Morgan fingerprint density at radius 2 is 2.20 bits per heavy atom. The zero-order valence-corrected chi connectivity index (χ0v) is 12.5. The molecule has 0 amide bonds. The summed E-state index contributed by atoms with van der Waals surface area (Å²) in [5.41, 5.74) is 1.19. The second-order valence-corrected chi connectivity index (χ2v) is 6.90. The van der Waals surface area contributed by atoms with Gasteiger partial charge in [0.2, 0.25) is 0 Å². The first-order valence-corrected chi connectivity index (χ1v) is 7.77. The molecule has 0 atom stereocenters. The van der Waals surface area contributed by atoms with Gasteiger partial charge in [-0.05, 0) is 30.2 Å². The molecule has 1 aliphatic heterocycles. The van der Waals surface area contributed by atoms with Gasteiger partial charge in [0.1, 0.15) is 5.54 Å². The molecular formula is C16H24N4. The van der Waals surface area contributed by atoms with Gasteiger partial charge in [-0.15, -0.1) is 0 Å². The molecule has 20 heavy (non-hydrogen) atoms. The molecule has 1 aliphatic carbocycles. The summed E-state index contributed by atoms with van der Waals surface area (Å²) in [6.07, 6.45) is 8.84. The Labute approximate surface area is 121 Å². The summed E-state index contributed by atoms with van der Waals surface area (Å²) in [5.74, 6) is 1.40. The molecule has 1 saturated heterocycles. The fraction of sp³-hybridized carbons (Fsp3) is 0.750. The van der Waals surface area contributed by atoms with Gasteiger partial charge < -0.3 is 0 Å². The molecule has 0 unspecified atom stereocenters. The van der Waals surface area contributed by atoms with Crippen LogP contribution >= 0.6 is 0 Å². The summed E-state index contributed by atoms with van der Waals surface area (Å²) in [6.45, 7) is 7.54. The Bertz CT molecular complexity index is 501. The fourth-order valence-electron chi connectivity index (χ4n) is 3.33. The molecule has 0 radical (unpaired) electrons. The van der Waals surface area contributed by atoms with Crippen LogP contribution in [0.2, 0.25) is 0 Å². The van der Waals surface area contributed by atoms with Crippen molar-refractivity contribution in [2.45, 2.75) is 51.0 Å². The van der Waals surface area contributed by atoms with E-state index in [-0.39, 0.29) is 5.54 Å². The largest absolute Gasteiger partial charge is 0.298 e. The zero-order valence-electron chi connectivity index (χ0n) is 12.5.